The molecule has 6 heteroatoms. The van der Waals surface area contributed by atoms with Crippen LogP contribution in [0, 0.1) is 16.0 Å². The minimum Gasteiger partial charge on any atom is -0.490 e. The van der Waals surface area contributed by atoms with E-state index in [2.05, 4.69) is 19.2 Å². The number of nitrogens with one attached hydrogen (secondary N) is 1. The SMILES string of the molecule is COc1ccc(NC2CCOC(C(C)C)C2)cc1[N+](=O)[O-]. The summed E-state index contributed by atoms with van der Waals surface area (Å²) in [6.45, 7) is 5.01. The number of hydrogen-bond donors (Lipinski definition) is 1. The van der Waals surface area contributed by atoms with Gasteiger partial charge in [-0.05, 0) is 30.9 Å². The van der Waals surface area contributed by atoms with Crippen LogP contribution in [0.1, 0.15) is 26.7 Å². The van der Waals surface area contributed by atoms with E-state index in [-0.39, 0.29) is 23.6 Å². The van der Waals surface area contributed by atoms with Crippen LogP contribution in [0.3, 0.4) is 0 Å². The summed E-state index contributed by atoms with van der Waals surface area (Å²) in [6.07, 6.45) is 2.06. The van der Waals surface area contributed by atoms with Gasteiger partial charge in [-0.1, -0.05) is 13.8 Å². The molecule has 1 aliphatic heterocycles. The molecule has 1 N–H and O–H groups in total. The van der Waals surface area contributed by atoms with Crippen molar-refractivity contribution >= 4 is 11.4 Å². The fourth-order valence-electron chi connectivity index (χ4n) is 2.58. The minimum absolute atomic E-state index is 0.0185. The van der Waals surface area contributed by atoms with Crippen LogP contribution < -0.4 is 10.1 Å². The molecule has 1 aromatic carbocycles. The van der Waals surface area contributed by atoms with E-state index in [0.717, 1.165) is 25.1 Å². The zero-order valence-electron chi connectivity index (χ0n) is 12.7. The van der Waals surface area contributed by atoms with Crippen molar-refractivity contribution in [3.8, 4) is 5.75 Å². The third-order valence-electron chi connectivity index (χ3n) is 3.80. The Kier molecular flexibility index (Phi) is 5.01. The number of rotatable bonds is 5. The summed E-state index contributed by atoms with van der Waals surface area (Å²) < 4.78 is 10.7. The van der Waals surface area contributed by atoms with Gasteiger partial charge in [0.1, 0.15) is 0 Å². The van der Waals surface area contributed by atoms with Gasteiger partial charge in [0.25, 0.3) is 0 Å². The molecular weight excluding hydrogens is 272 g/mol. The van der Waals surface area contributed by atoms with E-state index in [0.29, 0.717) is 5.92 Å². The third-order valence-corrected chi connectivity index (χ3v) is 3.80. The van der Waals surface area contributed by atoms with E-state index in [9.17, 15) is 10.1 Å². The van der Waals surface area contributed by atoms with Gasteiger partial charge in [-0.3, -0.25) is 10.1 Å². The lowest BCUT2D eigenvalue weighted by atomic mass is 9.95. The highest BCUT2D eigenvalue weighted by Crippen LogP contribution is 2.31. The maximum Gasteiger partial charge on any atom is 0.312 e. The molecular formula is C15H22N2O4. The Bertz CT molecular complexity index is 504. The number of methoxy groups -OCH3 is 1. The summed E-state index contributed by atoms with van der Waals surface area (Å²) >= 11 is 0. The molecule has 1 fully saturated rings. The van der Waals surface area contributed by atoms with Gasteiger partial charge in [-0.15, -0.1) is 0 Å². The maximum atomic E-state index is 11.0. The van der Waals surface area contributed by atoms with E-state index >= 15 is 0 Å². The Morgan fingerprint density at radius 1 is 1.48 bits per heavy atom. The molecule has 0 saturated carbocycles. The van der Waals surface area contributed by atoms with E-state index in [1.165, 1.54) is 13.2 Å². The molecule has 0 amide bonds. The lowest BCUT2D eigenvalue weighted by Gasteiger charge is -2.32. The molecule has 1 saturated heterocycles. The fraction of sp³-hybridized carbons (Fsp3) is 0.600. The average Bonchev–Trinajstić information content (AvgIpc) is 2.47. The lowest BCUT2D eigenvalue weighted by Crippen LogP contribution is -2.36. The number of benzene rings is 1. The normalized spacial score (nSPS) is 22.1. The van der Waals surface area contributed by atoms with Crippen LogP contribution in [0.4, 0.5) is 11.4 Å². The van der Waals surface area contributed by atoms with Crippen LogP contribution in [0.5, 0.6) is 5.75 Å². The molecule has 0 aliphatic carbocycles. The number of hydrogen-bond acceptors (Lipinski definition) is 5. The molecule has 1 aromatic rings. The molecule has 6 nitrogen and oxygen atoms in total. The van der Waals surface area contributed by atoms with Gasteiger partial charge in [-0.25, -0.2) is 0 Å². The Labute approximate surface area is 124 Å². The average molecular weight is 294 g/mol. The molecule has 0 spiro atoms. The van der Waals surface area contributed by atoms with Gasteiger partial charge in [0.2, 0.25) is 0 Å². The maximum absolute atomic E-state index is 11.0. The van der Waals surface area contributed by atoms with E-state index in [1.807, 2.05) is 6.07 Å². The highest BCUT2D eigenvalue weighted by atomic mass is 16.6. The number of ether oxygens (including phenoxy) is 2. The summed E-state index contributed by atoms with van der Waals surface area (Å²) in [5, 5.41) is 14.4. The molecule has 2 atom stereocenters. The van der Waals surface area contributed by atoms with Gasteiger partial charge in [0.05, 0.1) is 18.1 Å². The van der Waals surface area contributed by atoms with Crippen LogP contribution in [-0.4, -0.2) is 30.8 Å². The first kappa shape index (κ1) is 15.6. The fourth-order valence-corrected chi connectivity index (χ4v) is 2.58. The second-order valence-corrected chi connectivity index (χ2v) is 5.66. The van der Waals surface area contributed by atoms with E-state index in [4.69, 9.17) is 9.47 Å². The van der Waals surface area contributed by atoms with Crippen LogP contribution in [-0.2, 0) is 4.74 Å². The van der Waals surface area contributed by atoms with Crippen molar-refractivity contribution in [1.82, 2.24) is 0 Å². The van der Waals surface area contributed by atoms with Crippen LogP contribution >= 0.6 is 0 Å². The molecule has 21 heavy (non-hydrogen) atoms. The zero-order chi connectivity index (χ0) is 15.4. The summed E-state index contributed by atoms with van der Waals surface area (Å²) in [5.41, 5.74) is 0.729. The molecule has 0 radical (unpaired) electrons. The van der Waals surface area contributed by atoms with Crippen LogP contribution in [0.2, 0.25) is 0 Å². The van der Waals surface area contributed by atoms with Crippen molar-refractivity contribution in [3.05, 3.63) is 28.3 Å². The van der Waals surface area contributed by atoms with Crippen molar-refractivity contribution in [2.24, 2.45) is 5.92 Å². The van der Waals surface area contributed by atoms with Crippen molar-refractivity contribution in [3.63, 3.8) is 0 Å². The summed E-state index contributed by atoms with van der Waals surface area (Å²) in [7, 11) is 1.43. The standard InChI is InChI=1S/C15H22N2O4/c1-10(2)15-9-12(6-7-21-15)16-11-4-5-14(20-3)13(8-11)17(18)19/h4-5,8,10,12,15-16H,6-7,9H2,1-3H3. The largest absolute Gasteiger partial charge is 0.490 e. The van der Waals surface area contributed by atoms with Gasteiger partial charge in [0, 0.05) is 24.4 Å². The second kappa shape index (κ2) is 6.76. The van der Waals surface area contributed by atoms with Gasteiger partial charge in [-0.2, -0.15) is 0 Å². The minimum atomic E-state index is -0.426. The van der Waals surface area contributed by atoms with Gasteiger partial charge < -0.3 is 14.8 Å². The lowest BCUT2D eigenvalue weighted by molar-refractivity contribution is -0.385. The van der Waals surface area contributed by atoms with Crippen molar-refractivity contribution < 1.29 is 14.4 Å². The monoisotopic (exact) mass is 294 g/mol. The molecule has 1 aliphatic rings. The van der Waals surface area contributed by atoms with Crippen molar-refractivity contribution in [2.45, 2.75) is 38.8 Å². The first-order valence-electron chi connectivity index (χ1n) is 7.21. The number of nitro benzene ring substituents is 1. The second-order valence-electron chi connectivity index (χ2n) is 5.66. The topological polar surface area (TPSA) is 73.6 Å². The van der Waals surface area contributed by atoms with Gasteiger partial charge >= 0.3 is 5.69 Å². The highest BCUT2D eigenvalue weighted by Gasteiger charge is 2.25. The van der Waals surface area contributed by atoms with Crippen LogP contribution in [0.15, 0.2) is 18.2 Å². The molecule has 116 valence electrons. The Morgan fingerprint density at radius 3 is 2.86 bits per heavy atom. The summed E-state index contributed by atoms with van der Waals surface area (Å²) in [5.74, 6) is 0.748. The van der Waals surface area contributed by atoms with Crippen molar-refractivity contribution in [2.75, 3.05) is 19.0 Å². The molecule has 0 bridgehead atoms. The van der Waals surface area contributed by atoms with E-state index in [1.54, 1.807) is 6.07 Å². The predicted octanol–water partition coefficient (Wildman–Crippen LogP) is 3.22. The van der Waals surface area contributed by atoms with Gasteiger partial charge in [0.15, 0.2) is 5.75 Å². The number of anilines is 1. The zero-order valence-corrected chi connectivity index (χ0v) is 12.7. The van der Waals surface area contributed by atoms with Crippen LogP contribution in [0.25, 0.3) is 0 Å². The first-order valence-corrected chi connectivity index (χ1v) is 7.21. The Balaban J connectivity index is 2.09. The third kappa shape index (κ3) is 3.85. The quantitative estimate of drug-likeness (QED) is 0.666. The summed E-state index contributed by atoms with van der Waals surface area (Å²) in [6, 6.07) is 5.24. The Morgan fingerprint density at radius 2 is 2.24 bits per heavy atom. The molecule has 2 unspecified atom stereocenters. The first-order chi connectivity index (χ1) is 10.0. The Hall–Kier alpha value is -1.82. The number of nitrogens with zero attached hydrogens (tertiary/aromatic N) is 1. The molecule has 2 rings (SSSR count). The smallest absolute Gasteiger partial charge is 0.312 e. The number of nitro groups is 1. The highest BCUT2D eigenvalue weighted by molar-refractivity contribution is 5.58. The predicted molar refractivity (Wildman–Crippen MR) is 80.9 cm³/mol. The van der Waals surface area contributed by atoms with E-state index < -0.39 is 4.92 Å². The van der Waals surface area contributed by atoms with Crippen molar-refractivity contribution in [1.29, 1.82) is 0 Å². The summed E-state index contributed by atoms with van der Waals surface area (Å²) in [4.78, 5) is 10.6. The molecule has 1 heterocycles. The molecule has 0 aromatic heterocycles.